The van der Waals surface area contributed by atoms with E-state index in [2.05, 4.69) is 22.1 Å². The highest BCUT2D eigenvalue weighted by Gasteiger charge is 2.21. The van der Waals surface area contributed by atoms with E-state index in [1.165, 1.54) is 12.8 Å². The topological polar surface area (TPSA) is 71.2 Å². The molecular weight excluding hydrogens is 256 g/mol. The van der Waals surface area contributed by atoms with Gasteiger partial charge in [-0.2, -0.15) is 0 Å². The summed E-state index contributed by atoms with van der Waals surface area (Å²) in [5, 5.41) is 17.5. The Morgan fingerprint density at radius 3 is 2.85 bits per heavy atom. The van der Waals surface area contributed by atoms with Gasteiger partial charge in [-0.1, -0.05) is 11.3 Å². The number of benzene rings is 1. The molecule has 6 nitrogen and oxygen atoms in total. The number of hydrogen-bond acceptors (Lipinski definition) is 4. The van der Waals surface area contributed by atoms with E-state index in [-0.39, 0.29) is 5.56 Å². The molecule has 0 aliphatic carbocycles. The highest BCUT2D eigenvalue weighted by Crippen LogP contribution is 2.19. The Morgan fingerprint density at radius 2 is 2.15 bits per heavy atom. The summed E-state index contributed by atoms with van der Waals surface area (Å²) in [4.78, 5) is 13.7. The van der Waals surface area contributed by atoms with Gasteiger partial charge in [-0.05, 0) is 45.0 Å². The fourth-order valence-corrected chi connectivity index (χ4v) is 2.88. The van der Waals surface area contributed by atoms with Crippen molar-refractivity contribution in [2.24, 2.45) is 0 Å². The molecule has 2 heterocycles. The van der Waals surface area contributed by atoms with E-state index < -0.39 is 5.97 Å². The molecule has 0 radical (unpaired) electrons. The zero-order valence-corrected chi connectivity index (χ0v) is 11.5. The molecule has 1 atom stereocenters. The zero-order chi connectivity index (χ0) is 14.1. The molecule has 1 N–H and O–H groups in total. The van der Waals surface area contributed by atoms with Gasteiger partial charge in [0.25, 0.3) is 0 Å². The Bertz CT molecular complexity index is 631. The van der Waals surface area contributed by atoms with Gasteiger partial charge >= 0.3 is 5.97 Å². The van der Waals surface area contributed by atoms with Gasteiger partial charge in [0.05, 0.1) is 12.1 Å². The summed E-state index contributed by atoms with van der Waals surface area (Å²) in [6.07, 6.45) is 2.48. The maximum Gasteiger partial charge on any atom is 0.337 e. The molecule has 106 valence electrons. The van der Waals surface area contributed by atoms with Gasteiger partial charge in [0, 0.05) is 6.04 Å². The smallest absolute Gasteiger partial charge is 0.337 e. The van der Waals surface area contributed by atoms with Gasteiger partial charge in [0.1, 0.15) is 11.0 Å². The van der Waals surface area contributed by atoms with Crippen LogP contribution in [0.5, 0.6) is 0 Å². The van der Waals surface area contributed by atoms with Crippen molar-refractivity contribution in [3.05, 3.63) is 23.8 Å². The van der Waals surface area contributed by atoms with Crippen LogP contribution in [-0.4, -0.2) is 50.1 Å². The molecule has 1 aromatic carbocycles. The summed E-state index contributed by atoms with van der Waals surface area (Å²) in [5.74, 6) is -0.937. The van der Waals surface area contributed by atoms with Gasteiger partial charge in [0.2, 0.25) is 0 Å². The van der Waals surface area contributed by atoms with Crippen molar-refractivity contribution < 1.29 is 9.90 Å². The molecule has 2 aromatic rings. The summed E-state index contributed by atoms with van der Waals surface area (Å²) >= 11 is 0. The van der Waals surface area contributed by atoms with E-state index in [0.717, 1.165) is 13.1 Å². The minimum absolute atomic E-state index is 0.265. The SMILES string of the molecule is CC(Cn1nnc2cccc(C(=O)O)c21)N1CCCC1. The molecule has 1 unspecified atom stereocenters. The number of carboxylic acids is 1. The van der Waals surface area contributed by atoms with Gasteiger partial charge < -0.3 is 5.11 Å². The number of rotatable bonds is 4. The van der Waals surface area contributed by atoms with Crippen LogP contribution in [0.2, 0.25) is 0 Å². The van der Waals surface area contributed by atoms with Crippen LogP contribution in [0.15, 0.2) is 18.2 Å². The lowest BCUT2D eigenvalue weighted by Gasteiger charge is -2.23. The van der Waals surface area contributed by atoms with Gasteiger partial charge in [-0.25, -0.2) is 9.48 Å². The number of hydrogen-bond donors (Lipinski definition) is 1. The van der Waals surface area contributed by atoms with Crippen molar-refractivity contribution in [2.75, 3.05) is 13.1 Å². The van der Waals surface area contributed by atoms with Crippen LogP contribution in [0, 0.1) is 0 Å². The first-order valence-corrected chi connectivity index (χ1v) is 6.96. The fourth-order valence-electron chi connectivity index (χ4n) is 2.88. The highest BCUT2D eigenvalue weighted by atomic mass is 16.4. The first-order chi connectivity index (χ1) is 9.66. The second-order valence-corrected chi connectivity index (χ2v) is 5.34. The molecular formula is C14H18N4O2. The Balaban J connectivity index is 1.93. The van der Waals surface area contributed by atoms with Crippen LogP contribution in [0.4, 0.5) is 0 Å². The van der Waals surface area contributed by atoms with Crippen molar-refractivity contribution in [2.45, 2.75) is 32.4 Å². The van der Waals surface area contributed by atoms with E-state index in [1.807, 2.05) is 0 Å². The van der Waals surface area contributed by atoms with Crippen LogP contribution >= 0.6 is 0 Å². The number of nitrogens with zero attached hydrogens (tertiary/aromatic N) is 4. The van der Waals surface area contributed by atoms with E-state index in [9.17, 15) is 9.90 Å². The number of para-hydroxylation sites is 1. The number of aromatic carboxylic acids is 1. The summed E-state index contributed by atoms with van der Waals surface area (Å²) in [6, 6.07) is 5.44. The van der Waals surface area contributed by atoms with Crippen molar-refractivity contribution >= 4 is 17.0 Å². The average Bonchev–Trinajstić information content (AvgIpc) is 3.08. The third kappa shape index (κ3) is 2.27. The van der Waals surface area contributed by atoms with Crippen molar-refractivity contribution in [1.29, 1.82) is 0 Å². The van der Waals surface area contributed by atoms with Crippen molar-refractivity contribution in [3.63, 3.8) is 0 Å². The molecule has 1 aromatic heterocycles. The normalized spacial score (nSPS) is 17.6. The Labute approximate surface area is 117 Å². The standard InChI is InChI=1S/C14H18N4O2/c1-10(17-7-2-3-8-17)9-18-13-11(14(19)20)5-4-6-12(13)15-16-18/h4-6,10H,2-3,7-9H2,1H3,(H,19,20). The van der Waals surface area contributed by atoms with E-state index in [1.54, 1.807) is 22.9 Å². The molecule has 0 amide bonds. The van der Waals surface area contributed by atoms with Crippen LogP contribution in [0.25, 0.3) is 11.0 Å². The van der Waals surface area contributed by atoms with Gasteiger partial charge in [-0.3, -0.25) is 4.90 Å². The maximum atomic E-state index is 11.3. The minimum atomic E-state index is -0.937. The largest absolute Gasteiger partial charge is 0.478 e. The Kier molecular flexibility index (Phi) is 3.40. The minimum Gasteiger partial charge on any atom is -0.478 e. The number of carboxylic acid groups (broad SMARTS) is 1. The molecule has 0 spiro atoms. The predicted molar refractivity (Wildman–Crippen MR) is 74.8 cm³/mol. The molecule has 0 saturated carbocycles. The lowest BCUT2D eigenvalue weighted by atomic mass is 10.2. The average molecular weight is 274 g/mol. The number of fused-ring (bicyclic) bond motifs is 1. The highest BCUT2D eigenvalue weighted by molar-refractivity contribution is 6.00. The van der Waals surface area contributed by atoms with E-state index in [4.69, 9.17) is 0 Å². The predicted octanol–water partition coefficient (Wildman–Crippen LogP) is 1.61. The summed E-state index contributed by atoms with van der Waals surface area (Å²) in [7, 11) is 0. The maximum absolute atomic E-state index is 11.3. The lowest BCUT2D eigenvalue weighted by Crippen LogP contribution is -2.34. The molecule has 3 rings (SSSR count). The summed E-state index contributed by atoms with van der Waals surface area (Å²) in [6.45, 7) is 5.04. The lowest BCUT2D eigenvalue weighted by molar-refractivity contribution is 0.0698. The third-order valence-electron chi connectivity index (χ3n) is 3.96. The second-order valence-electron chi connectivity index (χ2n) is 5.34. The molecule has 1 aliphatic heterocycles. The molecule has 0 bridgehead atoms. The first kappa shape index (κ1) is 13.1. The Hall–Kier alpha value is -1.95. The fraction of sp³-hybridized carbons (Fsp3) is 0.500. The summed E-state index contributed by atoms with van der Waals surface area (Å²) < 4.78 is 1.72. The van der Waals surface area contributed by atoms with Crippen LogP contribution < -0.4 is 0 Å². The van der Waals surface area contributed by atoms with Gasteiger partial charge in [0.15, 0.2) is 0 Å². The van der Waals surface area contributed by atoms with Crippen LogP contribution in [0.3, 0.4) is 0 Å². The van der Waals surface area contributed by atoms with Crippen LogP contribution in [-0.2, 0) is 6.54 Å². The number of aromatic nitrogens is 3. The molecule has 20 heavy (non-hydrogen) atoms. The van der Waals surface area contributed by atoms with Gasteiger partial charge in [-0.15, -0.1) is 5.10 Å². The zero-order valence-electron chi connectivity index (χ0n) is 11.5. The first-order valence-electron chi connectivity index (χ1n) is 6.96. The van der Waals surface area contributed by atoms with Crippen LogP contribution in [0.1, 0.15) is 30.1 Å². The van der Waals surface area contributed by atoms with E-state index in [0.29, 0.717) is 23.6 Å². The number of likely N-dealkylation sites (tertiary alicyclic amines) is 1. The second kappa shape index (κ2) is 5.20. The van der Waals surface area contributed by atoms with Crippen molar-refractivity contribution in [3.8, 4) is 0 Å². The summed E-state index contributed by atoms with van der Waals surface area (Å²) in [5.41, 5.74) is 1.52. The monoisotopic (exact) mass is 274 g/mol. The quantitative estimate of drug-likeness (QED) is 0.917. The molecule has 6 heteroatoms. The Morgan fingerprint density at radius 1 is 1.40 bits per heavy atom. The third-order valence-corrected chi connectivity index (χ3v) is 3.96. The molecule has 1 aliphatic rings. The van der Waals surface area contributed by atoms with E-state index >= 15 is 0 Å². The number of carbonyl (C=O) groups is 1. The molecule has 1 saturated heterocycles. The molecule has 1 fully saturated rings. The van der Waals surface area contributed by atoms with Crippen molar-refractivity contribution in [1.82, 2.24) is 19.9 Å².